The number of ether oxygens (including phenoxy) is 2. The molecule has 1 saturated heterocycles. The van der Waals surface area contributed by atoms with Gasteiger partial charge >= 0.3 is 0 Å². The van der Waals surface area contributed by atoms with Gasteiger partial charge in [-0.15, -0.1) is 6.58 Å². The highest BCUT2D eigenvalue weighted by Crippen LogP contribution is 2.34. The van der Waals surface area contributed by atoms with E-state index in [9.17, 15) is 0 Å². The van der Waals surface area contributed by atoms with Gasteiger partial charge in [-0.1, -0.05) is 6.08 Å². The Morgan fingerprint density at radius 1 is 1.15 bits per heavy atom. The summed E-state index contributed by atoms with van der Waals surface area (Å²) in [6, 6.07) is 6.89. The second-order valence-corrected chi connectivity index (χ2v) is 9.16. The average Bonchev–Trinajstić information content (AvgIpc) is 3.39. The van der Waals surface area contributed by atoms with Gasteiger partial charge in [0, 0.05) is 60.3 Å². The molecule has 0 radical (unpaired) electrons. The van der Waals surface area contributed by atoms with Crippen molar-refractivity contribution < 1.29 is 9.47 Å². The quantitative estimate of drug-likeness (QED) is 0.570. The molecule has 0 spiro atoms. The number of hydrogen-bond donors (Lipinski definition) is 0. The number of aromatic nitrogens is 3. The summed E-state index contributed by atoms with van der Waals surface area (Å²) >= 11 is 0. The Morgan fingerprint density at radius 3 is 2.76 bits per heavy atom. The molecule has 0 unspecified atom stereocenters. The van der Waals surface area contributed by atoms with Crippen LogP contribution in [-0.2, 0) is 4.74 Å². The first kappa shape index (κ1) is 21.7. The normalized spacial score (nSPS) is 22.5. The molecule has 7 nitrogen and oxygen atoms in total. The Morgan fingerprint density at radius 2 is 2.00 bits per heavy atom. The van der Waals surface area contributed by atoms with E-state index in [0.29, 0.717) is 18.6 Å². The summed E-state index contributed by atoms with van der Waals surface area (Å²) in [7, 11) is 4.27. The molecule has 4 heterocycles. The molecule has 1 fully saturated rings. The molecular weight excluding hydrogens is 414 g/mol. The van der Waals surface area contributed by atoms with Crippen LogP contribution in [0.25, 0.3) is 17.3 Å². The van der Waals surface area contributed by atoms with Crippen molar-refractivity contribution in [3.05, 3.63) is 65.9 Å². The molecule has 1 aromatic carbocycles. The number of rotatable bonds is 4. The van der Waals surface area contributed by atoms with Crippen LogP contribution in [0.1, 0.15) is 22.6 Å². The summed E-state index contributed by atoms with van der Waals surface area (Å²) in [6.07, 6.45) is 8.24. The molecule has 2 aliphatic heterocycles. The fraction of sp³-hybridized carbons (Fsp3) is 0.385. The summed E-state index contributed by atoms with van der Waals surface area (Å²) in [5.41, 5.74) is 6.86. The Kier molecular flexibility index (Phi) is 5.68. The van der Waals surface area contributed by atoms with Crippen molar-refractivity contribution in [3.8, 4) is 5.75 Å². The smallest absolute Gasteiger partial charge is 0.189 e. The highest BCUT2D eigenvalue weighted by Gasteiger charge is 2.32. The van der Waals surface area contributed by atoms with Crippen LogP contribution in [-0.4, -0.2) is 65.9 Å². The summed E-state index contributed by atoms with van der Waals surface area (Å²) in [5, 5.41) is 0. The van der Waals surface area contributed by atoms with Gasteiger partial charge in [0.1, 0.15) is 5.75 Å². The van der Waals surface area contributed by atoms with Crippen molar-refractivity contribution in [2.75, 3.05) is 45.5 Å². The molecule has 5 rings (SSSR count). The van der Waals surface area contributed by atoms with Gasteiger partial charge in [0.05, 0.1) is 23.7 Å². The van der Waals surface area contributed by atoms with Crippen molar-refractivity contribution in [2.24, 2.45) is 5.92 Å². The van der Waals surface area contributed by atoms with E-state index in [2.05, 4.69) is 65.8 Å². The summed E-state index contributed by atoms with van der Waals surface area (Å²) in [4.78, 5) is 14.1. The van der Waals surface area contributed by atoms with Crippen LogP contribution in [0.4, 0.5) is 5.69 Å². The number of nitrogens with zero attached hydrogens (tertiary/aromatic N) is 5. The molecule has 0 saturated carbocycles. The van der Waals surface area contributed by atoms with Crippen LogP contribution in [0, 0.1) is 19.8 Å². The number of aryl methyl sites for hydroxylation is 2. The van der Waals surface area contributed by atoms with Crippen LogP contribution in [0.2, 0.25) is 0 Å². The number of imidazole rings is 1. The first-order chi connectivity index (χ1) is 15.9. The van der Waals surface area contributed by atoms with E-state index in [1.807, 2.05) is 30.6 Å². The molecule has 0 aliphatic carbocycles. The lowest BCUT2D eigenvalue weighted by Crippen LogP contribution is -2.34. The van der Waals surface area contributed by atoms with Crippen molar-refractivity contribution in [2.45, 2.75) is 19.9 Å². The van der Waals surface area contributed by atoms with Crippen molar-refractivity contribution in [1.82, 2.24) is 19.3 Å². The second-order valence-electron chi connectivity index (χ2n) is 9.16. The molecule has 33 heavy (non-hydrogen) atoms. The maximum absolute atomic E-state index is 5.97. The fourth-order valence-electron chi connectivity index (χ4n) is 4.86. The summed E-state index contributed by atoms with van der Waals surface area (Å²) < 4.78 is 13.8. The van der Waals surface area contributed by atoms with Crippen LogP contribution >= 0.6 is 0 Å². The largest absolute Gasteiger partial charge is 0.467 e. The van der Waals surface area contributed by atoms with E-state index in [0.717, 1.165) is 58.4 Å². The lowest BCUT2D eigenvalue weighted by molar-refractivity contribution is 0.0324. The molecule has 3 aromatic rings. The molecular formula is C26H31N5O2. The van der Waals surface area contributed by atoms with Gasteiger partial charge in [-0.25, -0.2) is 4.98 Å². The van der Waals surface area contributed by atoms with E-state index in [4.69, 9.17) is 14.5 Å². The van der Waals surface area contributed by atoms with E-state index in [1.165, 1.54) is 0 Å². The highest BCUT2D eigenvalue weighted by molar-refractivity contribution is 5.84. The number of benzene rings is 1. The predicted octanol–water partition coefficient (Wildman–Crippen LogP) is 3.81. The van der Waals surface area contributed by atoms with Gasteiger partial charge < -0.3 is 23.7 Å². The van der Waals surface area contributed by atoms with Crippen molar-refractivity contribution >= 4 is 23.0 Å². The Balaban J connectivity index is 1.48. The van der Waals surface area contributed by atoms with Crippen molar-refractivity contribution in [1.29, 1.82) is 0 Å². The SMILES string of the molecule is C=C[C@H]1CN(c2ccc3c(c2)OCOC/C(c2cn4cc(C)nc(C)c4n2)=C\3)C[C@@H]1N(C)C. The van der Waals surface area contributed by atoms with E-state index >= 15 is 0 Å². The first-order valence-corrected chi connectivity index (χ1v) is 11.4. The molecule has 2 aromatic heterocycles. The molecule has 0 amide bonds. The minimum atomic E-state index is 0.205. The predicted molar refractivity (Wildman–Crippen MR) is 132 cm³/mol. The minimum Gasteiger partial charge on any atom is -0.467 e. The third kappa shape index (κ3) is 4.14. The lowest BCUT2D eigenvalue weighted by Gasteiger charge is -2.24. The van der Waals surface area contributed by atoms with Crippen molar-refractivity contribution in [3.63, 3.8) is 0 Å². The first-order valence-electron chi connectivity index (χ1n) is 11.4. The average molecular weight is 446 g/mol. The van der Waals surface area contributed by atoms with Gasteiger partial charge in [0.2, 0.25) is 0 Å². The van der Waals surface area contributed by atoms with Crippen LogP contribution in [0.5, 0.6) is 5.75 Å². The summed E-state index contributed by atoms with van der Waals surface area (Å²) in [6.45, 7) is 10.6. The molecule has 7 heteroatoms. The highest BCUT2D eigenvalue weighted by atomic mass is 16.7. The van der Waals surface area contributed by atoms with Crippen LogP contribution in [0.15, 0.2) is 43.2 Å². The van der Waals surface area contributed by atoms with Gasteiger partial charge in [-0.05, 0) is 46.2 Å². The van der Waals surface area contributed by atoms with E-state index in [-0.39, 0.29) is 6.79 Å². The number of anilines is 1. The monoisotopic (exact) mass is 445 g/mol. The Labute approximate surface area is 195 Å². The topological polar surface area (TPSA) is 55.1 Å². The number of fused-ring (bicyclic) bond motifs is 2. The third-order valence-electron chi connectivity index (χ3n) is 6.60. The maximum atomic E-state index is 5.97. The second kappa shape index (κ2) is 8.65. The number of likely N-dealkylation sites (N-methyl/N-ethyl adjacent to an activating group) is 1. The number of hydrogen-bond acceptors (Lipinski definition) is 6. The van der Waals surface area contributed by atoms with E-state index < -0.39 is 0 Å². The van der Waals surface area contributed by atoms with Gasteiger partial charge in [0.15, 0.2) is 12.4 Å². The Hall–Kier alpha value is -3.16. The molecule has 172 valence electrons. The third-order valence-corrected chi connectivity index (χ3v) is 6.60. The summed E-state index contributed by atoms with van der Waals surface area (Å²) in [5.74, 6) is 1.26. The Bertz CT molecular complexity index is 1230. The molecule has 2 atom stereocenters. The molecule has 0 bridgehead atoms. The van der Waals surface area contributed by atoms with Gasteiger partial charge in [-0.2, -0.15) is 0 Å². The molecule has 2 aliphatic rings. The van der Waals surface area contributed by atoms with Crippen LogP contribution < -0.4 is 9.64 Å². The zero-order valence-electron chi connectivity index (χ0n) is 19.8. The fourth-order valence-corrected chi connectivity index (χ4v) is 4.86. The minimum absolute atomic E-state index is 0.205. The zero-order valence-corrected chi connectivity index (χ0v) is 19.8. The maximum Gasteiger partial charge on any atom is 0.189 e. The van der Waals surface area contributed by atoms with Crippen LogP contribution in [0.3, 0.4) is 0 Å². The molecule has 0 N–H and O–H groups in total. The van der Waals surface area contributed by atoms with Gasteiger partial charge in [-0.3, -0.25) is 4.98 Å². The van der Waals surface area contributed by atoms with Gasteiger partial charge in [0.25, 0.3) is 0 Å². The lowest BCUT2D eigenvalue weighted by atomic mass is 10.0. The zero-order chi connectivity index (χ0) is 23.1. The standard InChI is InChI=1S/C26H31N5O2/c1-6-19-12-30(14-24(19)29(4)5)22-8-7-20-9-21(15-32-16-33-25(20)10-22)23-13-31-11-17(2)27-18(3)26(31)28-23/h6-11,13,19,24H,1,12,14-16H2,2-5H3/b21-9+/t19-,24-/m0/s1. The van der Waals surface area contributed by atoms with E-state index in [1.54, 1.807) is 0 Å².